The molecule has 1 aliphatic rings. The Balaban J connectivity index is 2.55. The van der Waals surface area contributed by atoms with E-state index >= 15 is 0 Å². The van der Waals surface area contributed by atoms with E-state index in [0.29, 0.717) is 12.0 Å². The van der Waals surface area contributed by atoms with Crippen LogP contribution in [0, 0.1) is 6.92 Å². The molecule has 0 N–H and O–H groups in total. The van der Waals surface area contributed by atoms with Crippen LogP contribution in [0.1, 0.15) is 38.3 Å². The van der Waals surface area contributed by atoms with Crippen LogP contribution in [0.15, 0.2) is 12.1 Å². The zero-order chi connectivity index (χ0) is 11.0. The summed E-state index contributed by atoms with van der Waals surface area (Å²) in [5.74, 6) is -0.167. The molecule has 1 aromatic rings. The minimum absolute atomic E-state index is 0.171. The molecular formula is C12H12O3. The first-order valence-electron chi connectivity index (χ1n) is 4.89. The van der Waals surface area contributed by atoms with Gasteiger partial charge >= 0.3 is 5.97 Å². The van der Waals surface area contributed by atoms with Gasteiger partial charge in [-0.05, 0) is 30.5 Å². The van der Waals surface area contributed by atoms with E-state index < -0.39 is 0 Å². The zero-order valence-corrected chi connectivity index (χ0v) is 8.79. The Hall–Kier alpha value is -1.64. The summed E-state index contributed by atoms with van der Waals surface area (Å²) in [6, 6.07) is 3.40. The molecule has 0 aromatic heterocycles. The average Bonchev–Trinajstić information content (AvgIpc) is 2.61. The maximum atomic E-state index is 11.5. The fourth-order valence-electron chi connectivity index (χ4n) is 2.04. The highest BCUT2D eigenvalue weighted by Gasteiger charge is 2.24. The number of esters is 1. The van der Waals surface area contributed by atoms with Crippen LogP contribution in [0.5, 0.6) is 0 Å². The fourth-order valence-corrected chi connectivity index (χ4v) is 2.04. The Morgan fingerprint density at radius 2 is 2.07 bits per heavy atom. The number of benzene rings is 1. The fraction of sp³-hybridized carbons (Fsp3) is 0.333. The number of carbonyl (C=O) groups is 2. The summed E-state index contributed by atoms with van der Waals surface area (Å²) < 4.78 is 4.68. The highest BCUT2D eigenvalue weighted by molar-refractivity contribution is 6.02. The molecule has 0 spiro atoms. The van der Waals surface area contributed by atoms with Crippen molar-refractivity contribution >= 4 is 11.8 Å². The maximum Gasteiger partial charge on any atom is 0.338 e. The lowest BCUT2D eigenvalue weighted by molar-refractivity contribution is 0.0599. The first-order valence-corrected chi connectivity index (χ1v) is 4.89. The van der Waals surface area contributed by atoms with Gasteiger partial charge in [0.1, 0.15) is 0 Å². The van der Waals surface area contributed by atoms with Gasteiger partial charge in [-0.2, -0.15) is 0 Å². The minimum atomic E-state index is -0.338. The Morgan fingerprint density at radius 1 is 1.33 bits per heavy atom. The highest BCUT2D eigenvalue weighted by atomic mass is 16.5. The number of carbonyl (C=O) groups excluding carboxylic acids is 2. The van der Waals surface area contributed by atoms with Gasteiger partial charge in [0.05, 0.1) is 12.7 Å². The smallest absolute Gasteiger partial charge is 0.338 e. The van der Waals surface area contributed by atoms with Gasteiger partial charge < -0.3 is 4.74 Å². The van der Waals surface area contributed by atoms with Crippen LogP contribution in [-0.4, -0.2) is 18.9 Å². The standard InChI is InChI=1S/C12H12O3/c1-7-8-5-6-11(13)10(8)4-3-9(7)12(14)15-2/h3-4H,5-6H2,1-2H3. The van der Waals surface area contributed by atoms with E-state index in [1.165, 1.54) is 7.11 Å². The third-order valence-corrected chi connectivity index (χ3v) is 2.91. The molecule has 0 saturated heterocycles. The molecule has 0 atom stereocenters. The predicted octanol–water partition coefficient (Wildman–Crippen LogP) is 1.91. The van der Waals surface area contributed by atoms with E-state index in [-0.39, 0.29) is 11.8 Å². The minimum Gasteiger partial charge on any atom is -0.465 e. The summed E-state index contributed by atoms with van der Waals surface area (Å²) in [4.78, 5) is 22.9. The van der Waals surface area contributed by atoms with Gasteiger partial charge in [0.15, 0.2) is 5.78 Å². The Labute approximate surface area is 88.1 Å². The first kappa shape index (κ1) is 9.90. The third-order valence-electron chi connectivity index (χ3n) is 2.91. The molecule has 0 aliphatic heterocycles. The molecule has 0 radical (unpaired) electrons. The topological polar surface area (TPSA) is 43.4 Å². The summed E-state index contributed by atoms with van der Waals surface area (Å²) in [5, 5.41) is 0. The maximum absolute atomic E-state index is 11.5. The first-order chi connectivity index (χ1) is 7.15. The molecule has 0 fully saturated rings. The molecule has 3 heteroatoms. The number of ether oxygens (including phenoxy) is 1. The van der Waals surface area contributed by atoms with Crippen molar-refractivity contribution in [3.8, 4) is 0 Å². The number of hydrogen-bond acceptors (Lipinski definition) is 3. The summed E-state index contributed by atoms with van der Waals surface area (Å²) in [6.07, 6.45) is 1.30. The molecule has 3 nitrogen and oxygen atoms in total. The van der Waals surface area contributed by atoms with Gasteiger partial charge in [-0.15, -0.1) is 0 Å². The Bertz CT molecular complexity index is 446. The van der Waals surface area contributed by atoms with E-state index in [0.717, 1.165) is 23.1 Å². The molecule has 1 aromatic carbocycles. The number of rotatable bonds is 1. The molecule has 0 unspecified atom stereocenters. The second-order valence-corrected chi connectivity index (χ2v) is 3.68. The molecule has 0 saturated carbocycles. The zero-order valence-electron chi connectivity index (χ0n) is 8.79. The van der Waals surface area contributed by atoms with Gasteiger partial charge in [0, 0.05) is 12.0 Å². The molecule has 2 rings (SSSR count). The molecule has 0 bridgehead atoms. The average molecular weight is 204 g/mol. The molecule has 1 aliphatic carbocycles. The molecule has 0 heterocycles. The van der Waals surface area contributed by atoms with Crippen LogP contribution in [0.3, 0.4) is 0 Å². The number of hydrogen-bond donors (Lipinski definition) is 0. The van der Waals surface area contributed by atoms with Gasteiger partial charge in [0.2, 0.25) is 0 Å². The van der Waals surface area contributed by atoms with Gasteiger partial charge in [-0.1, -0.05) is 6.07 Å². The van der Waals surface area contributed by atoms with Gasteiger partial charge in [-0.25, -0.2) is 4.79 Å². The van der Waals surface area contributed by atoms with Gasteiger partial charge in [0.25, 0.3) is 0 Å². The second-order valence-electron chi connectivity index (χ2n) is 3.68. The normalized spacial score (nSPS) is 13.9. The van der Waals surface area contributed by atoms with Crippen LogP contribution in [0.25, 0.3) is 0 Å². The Morgan fingerprint density at radius 3 is 2.73 bits per heavy atom. The van der Waals surface area contributed by atoms with Gasteiger partial charge in [-0.3, -0.25) is 4.79 Å². The quantitative estimate of drug-likeness (QED) is 0.656. The predicted molar refractivity (Wildman–Crippen MR) is 55.2 cm³/mol. The van der Waals surface area contributed by atoms with Crippen LogP contribution in [0.4, 0.5) is 0 Å². The van der Waals surface area contributed by atoms with Crippen LogP contribution in [-0.2, 0) is 11.2 Å². The van der Waals surface area contributed by atoms with Crippen molar-refractivity contribution in [2.75, 3.05) is 7.11 Å². The molecule has 15 heavy (non-hydrogen) atoms. The van der Waals surface area contributed by atoms with Crippen molar-refractivity contribution in [1.82, 2.24) is 0 Å². The summed E-state index contributed by atoms with van der Waals surface area (Å²) in [5.41, 5.74) is 3.21. The second kappa shape index (κ2) is 3.50. The molecular weight excluding hydrogens is 192 g/mol. The molecule has 78 valence electrons. The lowest BCUT2D eigenvalue weighted by Crippen LogP contribution is -2.06. The van der Waals surface area contributed by atoms with Crippen molar-refractivity contribution in [1.29, 1.82) is 0 Å². The number of ketones is 1. The third kappa shape index (κ3) is 1.44. The van der Waals surface area contributed by atoms with Crippen molar-refractivity contribution in [3.05, 3.63) is 34.4 Å². The van der Waals surface area contributed by atoms with E-state index in [4.69, 9.17) is 0 Å². The van der Waals surface area contributed by atoms with E-state index in [2.05, 4.69) is 4.74 Å². The SMILES string of the molecule is COC(=O)c1ccc2c(c1C)CCC2=O. The van der Waals surface area contributed by atoms with Crippen molar-refractivity contribution < 1.29 is 14.3 Å². The number of Topliss-reactive ketones (excluding diaryl/α,β-unsaturated/α-hetero) is 1. The van der Waals surface area contributed by atoms with Crippen LogP contribution in [0.2, 0.25) is 0 Å². The summed E-state index contributed by atoms with van der Waals surface area (Å²) in [6.45, 7) is 1.86. The summed E-state index contributed by atoms with van der Waals surface area (Å²) in [7, 11) is 1.36. The largest absolute Gasteiger partial charge is 0.465 e. The monoisotopic (exact) mass is 204 g/mol. The van der Waals surface area contributed by atoms with Crippen molar-refractivity contribution in [3.63, 3.8) is 0 Å². The van der Waals surface area contributed by atoms with E-state index in [1.807, 2.05) is 6.92 Å². The van der Waals surface area contributed by atoms with Crippen LogP contribution < -0.4 is 0 Å². The number of fused-ring (bicyclic) bond motifs is 1. The number of methoxy groups -OCH3 is 1. The lowest BCUT2D eigenvalue weighted by atomic mass is 9.99. The van der Waals surface area contributed by atoms with Crippen molar-refractivity contribution in [2.45, 2.75) is 19.8 Å². The van der Waals surface area contributed by atoms with Crippen LogP contribution >= 0.6 is 0 Å². The van der Waals surface area contributed by atoms with E-state index in [1.54, 1.807) is 12.1 Å². The Kier molecular flexibility index (Phi) is 2.31. The molecule has 0 amide bonds. The lowest BCUT2D eigenvalue weighted by Gasteiger charge is -2.08. The summed E-state index contributed by atoms with van der Waals surface area (Å²) >= 11 is 0. The highest BCUT2D eigenvalue weighted by Crippen LogP contribution is 2.27. The van der Waals surface area contributed by atoms with Crippen molar-refractivity contribution in [2.24, 2.45) is 0 Å². The van der Waals surface area contributed by atoms with E-state index in [9.17, 15) is 9.59 Å².